The largest absolute Gasteiger partial charge is 0.483 e. The topological polar surface area (TPSA) is 63.8 Å². The lowest BCUT2D eigenvalue weighted by Gasteiger charge is -2.07. The number of carbonyl (C=O) groups excluding carboxylic acids is 1. The van der Waals surface area contributed by atoms with Crippen LogP contribution in [0.5, 0.6) is 5.75 Å². The van der Waals surface area contributed by atoms with Crippen LogP contribution in [0.15, 0.2) is 62.5 Å². The zero-order valence-corrected chi connectivity index (χ0v) is 17.7. The first-order chi connectivity index (χ1) is 13.4. The fourth-order valence-electron chi connectivity index (χ4n) is 2.39. The van der Waals surface area contributed by atoms with E-state index in [4.69, 9.17) is 20.8 Å². The molecule has 28 heavy (non-hydrogen) atoms. The van der Waals surface area contributed by atoms with E-state index in [1.54, 1.807) is 12.1 Å². The summed E-state index contributed by atoms with van der Waals surface area (Å²) in [6, 6.07) is 14.9. The van der Waals surface area contributed by atoms with E-state index in [2.05, 4.69) is 26.5 Å². The van der Waals surface area contributed by atoms with Crippen molar-refractivity contribution in [1.82, 2.24) is 5.43 Å². The van der Waals surface area contributed by atoms with Crippen LogP contribution in [0.25, 0.3) is 11.3 Å². The van der Waals surface area contributed by atoms with Crippen molar-refractivity contribution in [2.75, 3.05) is 6.61 Å². The first-order valence-corrected chi connectivity index (χ1v) is 9.66. The van der Waals surface area contributed by atoms with Crippen LogP contribution in [0.1, 0.15) is 16.9 Å². The molecular weight excluding hydrogens is 444 g/mol. The standard InChI is InChI=1S/C21H18BrClN2O3/c1-13-3-7-20(17(22)9-13)27-12-21(26)25-24-11-16-6-8-19(28-16)15-5-4-14(2)18(23)10-15/h3-11H,12H2,1-2H3,(H,25,26)/b24-11-. The van der Waals surface area contributed by atoms with Crippen LogP contribution in [0.2, 0.25) is 5.02 Å². The second-order valence-corrected chi connectivity index (χ2v) is 7.44. The molecule has 0 atom stereocenters. The number of nitrogens with one attached hydrogen (secondary N) is 1. The number of rotatable bonds is 6. The molecule has 3 rings (SSSR count). The smallest absolute Gasteiger partial charge is 0.277 e. The monoisotopic (exact) mass is 460 g/mol. The number of aryl methyl sites for hydroxylation is 2. The first kappa shape index (κ1) is 20.2. The molecule has 0 spiro atoms. The van der Waals surface area contributed by atoms with Gasteiger partial charge in [0.1, 0.15) is 17.3 Å². The van der Waals surface area contributed by atoms with Gasteiger partial charge in [0.25, 0.3) is 5.91 Å². The van der Waals surface area contributed by atoms with Gasteiger partial charge < -0.3 is 9.15 Å². The van der Waals surface area contributed by atoms with Gasteiger partial charge in [-0.15, -0.1) is 0 Å². The van der Waals surface area contributed by atoms with Gasteiger partial charge in [0.05, 0.1) is 10.7 Å². The summed E-state index contributed by atoms with van der Waals surface area (Å²) in [6.07, 6.45) is 1.43. The van der Waals surface area contributed by atoms with Crippen LogP contribution in [0.3, 0.4) is 0 Å². The summed E-state index contributed by atoms with van der Waals surface area (Å²) in [6.45, 7) is 3.77. The molecule has 0 unspecified atom stereocenters. The number of hydrogen-bond acceptors (Lipinski definition) is 4. The number of carbonyl (C=O) groups is 1. The van der Waals surface area contributed by atoms with E-state index in [9.17, 15) is 4.79 Å². The summed E-state index contributed by atoms with van der Waals surface area (Å²) in [5, 5.41) is 4.57. The van der Waals surface area contributed by atoms with Gasteiger partial charge in [-0.1, -0.05) is 29.8 Å². The summed E-state index contributed by atoms with van der Waals surface area (Å²) in [4.78, 5) is 11.9. The third kappa shape index (κ3) is 5.24. The maximum atomic E-state index is 11.9. The summed E-state index contributed by atoms with van der Waals surface area (Å²) < 4.78 is 12.0. The maximum absolute atomic E-state index is 11.9. The normalized spacial score (nSPS) is 11.0. The van der Waals surface area contributed by atoms with Gasteiger partial charge in [-0.3, -0.25) is 4.79 Å². The molecule has 3 aromatic rings. The van der Waals surface area contributed by atoms with Crippen LogP contribution in [0, 0.1) is 13.8 Å². The van der Waals surface area contributed by atoms with Gasteiger partial charge in [-0.05, 0) is 71.2 Å². The lowest BCUT2D eigenvalue weighted by atomic mass is 10.1. The van der Waals surface area contributed by atoms with Gasteiger partial charge in [-0.25, -0.2) is 5.43 Å². The Morgan fingerprint density at radius 2 is 2.04 bits per heavy atom. The van der Waals surface area contributed by atoms with Crippen LogP contribution in [-0.2, 0) is 4.79 Å². The van der Waals surface area contributed by atoms with Crippen molar-refractivity contribution in [2.45, 2.75) is 13.8 Å². The number of ether oxygens (including phenoxy) is 1. The number of halogens is 2. The molecule has 0 aliphatic heterocycles. The minimum Gasteiger partial charge on any atom is -0.483 e. The molecule has 1 heterocycles. The van der Waals surface area contributed by atoms with Crippen LogP contribution < -0.4 is 10.2 Å². The Bertz CT molecular complexity index is 1030. The Kier molecular flexibility index (Phi) is 6.54. The fraction of sp³-hybridized carbons (Fsp3) is 0.143. The predicted molar refractivity (Wildman–Crippen MR) is 114 cm³/mol. The van der Waals surface area contributed by atoms with Crippen LogP contribution in [-0.4, -0.2) is 18.7 Å². The molecule has 0 bridgehead atoms. The van der Waals surface area contributed by atoms with Crippen molar-refractivity contribution in [3.8, 4) is 17.1 Å². The maximum Gasteiger partial charge on any atom is 0.277 e. The fourth-order valence-corrected chi connectivity index (χ4v) is 3.18. The zero-order chi connectivity index (χ0) is 20.1. The summed E-state index contributed by atoms with van der Waals surface area (Å²) in [7, 11) is 0. The molecule has 144 valence electrons. The van der Waals surface area contributed by atoms with E-state index < -0.39 is 0 Å². The Morgan fingerprint density at radius 1 is 1.21 bits per heavy atom. The highest BCUT2D eigenvalue weighted by molar-refractivity contribution is 9.10. The predicted octanol–water partition coefficient (Wildman–Crippen LogP) is 5.51. The minimum absolute atomic E-state index is 0.149. The molecular formula is C21H18BrClN2O3. The molecule has 0 aliphatic rings. The molecule has 0 aliphatic carbocycles. The van der Waals surface area contributed by atoms with E-state index >= 15 is 0 Å². The van der Waals surface area contributed by atoms with E-state index in [1.807, 2.05) is 50.2 Å². The Hall–Kier alpha value is -2.57. The van der Waals surface area contributed by atoms with E-state index in [0.29, 0.717) is 22.3 Å². The van der Waals surface area contributed by atoms with Gasteiger partial charge in [-0.2, -0.15) is 5.10 Å². The Balaban J connectivity index is 1.53. The van der Waals surface area contributed by atoms with Crippen LogP contribution >= 0.6 is 27.5 Å². The first-order valence-electron chi connectivity index (χ1n) is 8.49. The number of benzene rings is 2. The van der Waals surface area contributed by atoms with Gasteiger partial charge in [0, 0.05) is 10.6 Å². The highest BCUT2D eigenvalue weighted by Gasteiger charge is 2.07. The number of nitrogens with zero attached hydrogens (tertiary/aromatic N) is 1. The van der Waals surface area contributed by atoms with Crippen molar-refractivity contribution in [1.29, 1.82) is 0 Å². The molecule has 1 amide bonds. The van der Waals surface area contributed by atoms with E-state index in [-0.39, 0.29) is 12.5 Å². The minimum atomic E-state index is -0.374. The van der Waals surface area contributed by atoms with E-state index in [1.165, 1.54) is 6.21 Å². The lowest BCUT2D eigenvalue weighted by molar-refractivity contribution is -0.123. The average molecular weight is 462 g/mol. The Morgan fingerprint density at radius 3 is 2.79 bits per heavy atom. The van der Waals surface area contributed by atoms with E-state index in [0.717, 1.165) is 21.2 Å². The van der Waals surface area contributed by atoms with Crippen molar-refractivity contribution < 1.29 is 13.9 Å². The van der Waals surface area contributed by atoms with Crippen LogP contribution in [0.4, 0.5) is 0 Å². The molecule has 7 heteroatoms. The second kappa shape index (κ2) is 9.08. The average Bonchev–Trinajstić information content (AvgIpc) is 3.12. The molecule has 1 aromatic heterocycles. The summed E-state index contributed by atoms with van der Waals surface area (Å²) in [5.74, 6) is 1.40. The second-order valence-electron chi connectivity index (χ2n) is 6.18. The molecule has 0 saturated carbocycles. The molecule has 0 fully saturated rings. The molecule has 1 N–H and O–H groups in total. The van der Waals surface area contributed by atoms with Crippen molar-refractivity contribution in [3.63, 3.8) is 0 Å². The molecule has 0 radical (unpaired) electrons. The van der Waals surface area contributed by atoms with Gasteiger partial charge in [0.2, 0.25) is 0 Å². The Labute approximate surface area is 176 Å². The third-order valence-corrected chi connectivity index (χ3v) is 4.94. The van der Waals surface area contributed by atoms with Crippen molar-refractivity contribution >= 4 is 39.7 Å². The molecule has 5 nitrogen and oxygen atoms in total. The SMILES string of the molecule is Cc1ccc(OCC(=O)N/N=C\c2ccc(-c3ccc(C)c(Cl)c3)o2)c(Br)c1. The quantitative estimate of drug-likeness (QED) is 0.389. The summed E-state index contributed by atoms with van der Waals surface area (Å²) in [5.41, 5.74) is 5.38. The van der Waals surface area contributed by atoms with Crippen molar-refractivity contribution in [2.24, 2.45) is 5.10 Å². The van der Waals surface area contributed by atoms with Gasteiger partial charge >= 0.3 is 0 Å². The summed E-state index contributed by atoms with van der Waals surface area (Å²) >= 11 is 9.55. The van der Waals surface area contributed by atoms with Gasteiger partial charge in [0.15, 0.2) is 6.61 Å². The lowest BCUT2D eigenvalue weighted by Crippen LogP contribution is -2.24. The zero-order valence-electron chi connectivity index (χ0n) is 15.3. The third-order valence-electron chi connectivity index (χ3n) is 3.91. The number of amides is 1. The molecule has 0 saturated heterocycles. The van der Waals surface area contributed by atoms with Crippen molar-refractivity contribution in [3.05, 3.63) is 74.9 Å². The number of hydrazone groups is 1. The highest BCUT2D eigenvalue weighted by atomic mass is 79.9. The molecule has 2 aromatic carbocycles. The number of hydrogen-bond donors (Lipinski definition) is 1. The highest BCUT2D eigenvalue weighted by Crippen LogP contribution is 2.27. The number of furan rings is 1.